The summed E-state index contributed by atoms with van der Waals surface area (Å²) in [5, 5.41) is 20.7. The van der Waals surface area contributed by atoms with Gasteiger partial charge in [-0.15, -0.1) is 0 Å². The lowest BCUT2D eigenvalue weighted by molar-refractivity contribution is -0.110. The van der Waals surface area contributed by atoms with Crippen LogP contribution in [0.25, 0.3) is 0 Å². The molecule has 4 atom stereocenters. The van der Waals surface area contributed by atoms with Gasteiger partial charge in [0, 0.05) is 0 Å². The molecule has 0 aromatic carbocycles. The molecule has 0 radical (unpaired) electrons. The predicted octanol–water partition coefficient (Wildman–Crippen LogP) is -1.80. The molecule has 0 amide bonds. The van der Waals surface area contributed by atoms with Crippen LogP contribution in [0.2, 0.25) is 0 Å². The highest BCUT2D eigenvalue weighted by Crippen LogP contribution is 2.16. The third-order valence-corrected chi connectivity index (χ3v) is 1.97. The van der Waals surface area contributed by atoms with E-state index in [1.165, 1.54) is 0 Å². The molecule has 6 heteroatoms. The van der Waals surface area contributed by atoms with Gasteiger partial charge in [-0.25, -0.2) is 0 Å². The average Bonchev–Trinajstić information content (AvgIpc) is 2.06. The van der Waals surface area contributed by atoms with Crippen molar-refractivity contribution in [3.05, 3.63) is 4.91 Å². The smallest absolute Gasteiger partial charge is 0.138 e. The van der Waals surface area contributed by atoms with E-state index in [9.17, 15) is 10.0 Å². The van der Waals surface area contributed by atoms with Crippen molar-refractivity contribution in [2.75, 3.05) is 13.2 Å². The molecular formula is C6H12N2O4. The van der Waals surface area contributed by atoms with Gasteiger partial charge in [0.15, 0.2) is 0 Å². The second-order valence-corrected chi connectivity index (χ2v) is 2.80. The van der Waals surface area contributed by atoms with E-state index in [-0.39, 0.29) is 13.2 Å². The minimum absolute atomic E-state index is 0.138. The fraction of sp³-hybridized carbons (Fsp3) is 1.00. The summed E-state index contributed by atoms with van der Waals surface area (Å²) < 4.78 is 4.96. The molecule has 1 rings (SSSR count). The van der Waals surface area contributed by atoms with Crippen LogP contribution in [0.4, 0.5) is 0 Å². The van der Waals surface area contributed by atoms with Crippen molar-refractivity contribution >= 4 is 0 Å². The number of aliphatic hydroxyl groups is 2. The molecule has 1 saturated heterocycles. The fourth-order valence-electron chi connectivity index (χ4n) is 1.21. The summed E-state index contributed by atoms with van der Waals surface area (Å²) >= 11 is 0. The van der Waals surface area contributed by atoms with Gasteiger partial charge in [0.2, 0.25) is 0 Å². The molecule has 0 spiro atoms. The quantitative estimate of drug-likeness (QED) is 0.430. The van der Waals surface area contributed by atoms with Crippen LogP contribution in [-0.4, -0.2) is 47.7 Å². The summed E-state index contributed by atoms with van der Waals surface area (Å²) in [7, 11) is 0. The van der Waals surface area contributed by atoms with Gasteiger partial charge in [0.25, 0.3) is 0 Å². The first-order chi connectivity index (χ1) is 5.70. The second kappa shape index (κ2) is 3.90. The Hall–Kier alpha value is -0.560. The molecule has 1 fully saturated rings. The highest BCUT2D eigenvalue weighted by Gasteiger charge is 2.38. The Morgan fingerprint density at radius 3 is 2.83 bits per heavy atom. The molecule has 4 unspecified atom stereocenters. The molecule has 6 nitrogen and oxygen atoms in total. The fourth-order valence-corrected chi connectivity index (χ4v) is 1.21. The van der Waals surface area contributed by atoms with Gasteiger partial charge < -0.3 is 20.7 Å². The van der Waals surface area contributed by atoms with Crippen molar-refractivity contribution < 1.29 is 14.9 Å². The maximum atomic E-state index is 10.2. The minimum atomic E-state index is -1.10. The van der Waals surface area contributed by atoms with Crippen LogP contribution < -0.4 is 5.73 Å². The Kier molecular flexibility index (Phi) is 3.10. The van der Waals surface area contributed by atoms with Gasteiger partial charge in [0.05, 0.1) is 19.3 Å². The first-order valence-electron chi connectivity index (χ1n) is 3.69. The van der Waals surface area contributed by atoms with Crippen LogP contribution >= 0.6 is 0 Å². The van der Waals surface area contributed by atoms with Gasteiger partial charge in [-0.2, -0.15) is 4.91 Å². The maximum absolute atomic E-state index is 10.2. The number of hydrogen-bond donors (Lipinski definition) is 3. The minimum Gasteiger partial charge on any atom is -0.394 e. The van der Waals surface area contributed by atoms with Crippen molar-refractivity contribution in [2.45, 2.75) is 24.3 Å². The normalized spacial score (nSPS) is 42.6. The van der Waals surface area contributed by atoms with Crippen LogP contribution in [-0.2, 0) is 4.74 Å². The molecular weight excluding hydrogens is 164 g/mol. The van der Waals surface area contributed by atoms with Gasteiger partial charge in [-0.1, -0.05) is 5.18 Å². The molecule has 4 N–H and O–H groups in total. The molecule has 0 aromatic heterocycles. The first kappa shape index (κ1) is 9.53. The van der Waals surface area contributed by atoms with Crippen LogP contribution in [0.3, 0.4) is 0 Å². The monoisotopic (exact) mass is 176 g/mol. The highest BCUT2D eigenvalue weighted by molar-refractivity contribution is 4.93. The van der Waals surface area contributed by atoms with Crippen LogP contribution in [0, 0.1) is 4.91 Å². The summed E-state index contributed by atoms with van der Waals surface area (Å²) in [6, 6.07) is -1.46. The number of ether oxygens (including phenoxy) is 1. The van der Waals surface area contributed by atoms with Gasteiger partial charge >= 0.3 is 0 Å². The van der Waals surface area contributed by atoms with E-state index >= 15 is 0 Å². The number of nitroso groups, excluding NO2 is 1. The zero-order chi connectivity index (χ0) is 9.14. The Bertz CT molecular complexity index is 166. The lowest BCUT2D eigenvalue weighted by Crippen LogP contribution is -2.56. The van der Waals surface area contributed by atoms with Crippen molar-refractivity contribution in [1.82, 2.24) is 0 Å². The molecule has 12 heavy (non-hydrogen) atoms. The molecule has 70 valence electrons. The van der Waals surface area contributed by atoms with E-state index in [0.29, 0.717) is 0 Å². The Morgan fingerprint density at radius 2 is 2.33 bits per heavy atom. The van der Waals surface area contributed by atoms with E-state index < -0.39 is 24.3 Å². The summed E-state index contributed by atoms with van der Waals surface area (Å²) in [6.45, 7) is -0.196. The zero-order valence-corrected chi connectivity index (χ0v) is 6.46. The molecule has 1 aliphatic rings. The van der Waals surface area contributed by atoms with E-state index in [1.54, 1.807) is 0 Å². The molecule has 0 bridgehead atoms. The third-order valence-electron chi connectivity index (χ3n) is 1.97. The largest absolute Gasteiger partial charge is 0.394 e. The number of nitrogens with zero attached hydrogens (tertiary/aromatic N) is 1. The Morgan fingerprint density at radius 1 is 1.67 bits per heavy atom. The van der Waals surface area contributed by atoms with Crippen molar-refractivity contribution in [2.24, 2.45) is 10.9 Å². The van der Waals surface area contributed by atoms with Crippen molar-refractivity contribution in [3.63, 3.8) is 0 Å². The summed E-state index contributed by atoms with van der Waals surface area (Å²) in [5.74, 6) is 0. The van der Waals surface area contributed by atoms with Crippen LogP contribution in [0.15, 0.2) is 5.18 Å². The summed E-state index contributed by atoms with van der Waals surface area (Å²) in [4.78, 5) is 10.2. The average molecular weight is 176 g/mol. The second-order valence-electron chi connectivity index (χ2n) is 2.80. The van der Waals surface area contributed by atoms with Gasteiger partial charge in [-0.3, -0.25) is 0 Å². The molecule has 0 aliphatic carbocycles. The molecule has 0 saturated carbocycles. The Balaban J connectivity index is 2.62. The van der Waals surface area contributed by atoms with E-state index in [4.69, 9.17) is 15.6 Å². The highest BCUT2D eigenvalue weighted by atomic mass is 16.5. The maximum Gasteiger partial charge on any atom is 0.138 e. The number of rotatable bonds is 2. The number of aliphatic hydroxyl groups excluding tert-OH is 2. The van der Waals surface area contributed by atoms with E-state index in [1.807, 2.05) is 0 Å². The predicted molar refractivity (Wildman–Crippen MR) is 40.4 cm³/mol. The van der Waals surface area contributed by atoms with Crippen LogP contribution in [0.1, 0.15) is 0 Å². The van der Waals surface area contributed by atoms with Gasteiger partial charge in [0.1, 0.15) is 18.2 Å². The Labute approximate surface area is 69.3 Å². The lowest BCUT2D eigenvalue weighted by atomic mass is 9.97. The van der Waals surface area contributed by atoms with Crippen LogP contribution in [0.5, 0.6) is 0 Å². The molecule has 1 aliphatic heterocycles. The number of hydrogen-bond acceptors (Lipinski definition) is 6. The zero-order valence-electron chi connectivity index (χ0n) is 6.46. The van der Waals surface area contributed by atoms with Crippen molar-refractivity contribution in [3.8, 4) is 0 Å². The van der Waals surface area contributed by atoms with E-state index in [0.717, 1.165) is 0 Å². The topological polar surface area (TPSA) is 105 Å². The molecule has 1 heterocycles. The lowest BCUT2D eigenvalue weighted by Gasteiger charge is -2.33. The first-order valence-corrected chi connectivity index (χ1v) is 3.69. The third kappa shape index (κ3) is 1.61. The molecule has 0 aromatic rings. The standard InChI is InChI=1S/C6H12N2O4/c7-3-2-12-4(1-9)6(10)5(3)8-11/h3-6,9-10H,1-2,7H2. The number of nitrogens with two attached hydrogens (primary N) is 1. The van der Waals surface area contributed by atoms with E-state index in [2.05, 4.69) is 5.18 Å². The van der Waals surface area contributed by atoms with Gasteiger partial charge in [-0.05, 0) is 0 Å². The van der Waals surface area contributed by atoms with Crippen molar-refractivity contribution in [1.29, 1.82) is 0 Å². The SMILES string of the molecule is NC1COC(CO)C(O)C1N=O. The summed E-state index contributed by atoms with van der Waals surface area (Å²) in [6.07, 6.45) is -1.84. The summed E-state index contributed by atoms with van der Waals surface area (Å²) in [5.41, 5.74) is 5.44.